The lowest BCUT2D eigenvalue weighted by Crippen LogP contribution is -2.24. The van der Waals surface area contributed by atoms with Gasteiger partial charge in [-0.15, -0.1) is 0 Å². The standard InChI is InChI=1S/C17H23N5O2/c1-2-8-19-16(23)17-20-15(21-24-17)13-7-9-18-14(12-13)22-10-5-3-4-6-11-22/h7,9,12H,2-6,8,10-11H2,1H3,(H,19,23). The van der Waals surface area contributed by atoms with Crippen LogP contribution in [0.5, 0.6) is 0 Å². The molecule has 1 N–H and O–H groups in total. The highest BCUT2D eigenvalue weighted by atomic mass is 16.5. The third kappa shape index (κ3) is 3.90. The summed E-state index contributed by atoms with van der Waals surface area (Å²) in [5.74, 6) is 0.996. The number of aromatic nitrogens is 3. The van der Waals surface area contributed by atoms with Crippen molar-refractivity contribution in [1.29, 1.82) is 0 Å². The zero-order valence-corrected chi connectivity index (χ0v) is 14.0. The number of nitrogens with zero attached hydrogens (tertiary/aromatic N) is 4. The topological polar surface area (TPSA) is 84.2 Å². The Hall–Kier alpha value is -2.44. The van der Waals surface area contributed by atoms with Crippen LogP contribution in [0.2, 0.25) is 0 Å². The van der Waals surface area contributed by atoms with Gasteiger partial charge in [0.25, 0.3) is 0 Å². The second-order valence-electron chi connectivity index (χ2n) is 5.98. The minimum atomic E-state index is -0.336. The first-order chi connectivity index (χ1) is 11.8. The largest absolute Gasteiger partial charge is 0.357 e. The maximum Gasteiger partial charge on any atom is 0.316 e. The summed E-state index contributed by atoms with van der Waals surface area (Å²) in [6.07, 6.45) is 7.54. The van der Waals surface area contributed by atoms with Crippen LogP contribution in [0.25, 0.3) is 11.4 Å². The Bertz CT molecular complexity index is 677. The van der Waals surface area contributed by atoms with E-state index in [-0.39, 0.29) is 11.8 Å². The summed E-state index contributed by atoms with van der Waals surface area (Å²) in [4.78, 5) is 22.8. The van der Waals surface area contributed by atoms with E-state index >= 15 is 0 Å². The fourth-order valence-electron chi connectivity index (χ4n) is 2.78. The van der Waals surface area contributed by atoms with E-state index in [0.717, 1.165) is 30.9 Å². The van der Waals surface area contributed by atoms with Gasteiger partial charge in [-0.05, 0) is 31.4 Å². The maximum atomic E-state index is 11.9. The molecule has 0 unspecified atom stereocenters. The zero-order chi connectivity index (χ0) is 16.8. The molecule has 0 aromatic carbocycles. The average molecular weight is 329 g/mol. The lowest BCUT2D eigenvalue weighted by atomic mass is 10.2. The summed E-state index contributed by atoms with van der Waals surface area (Å²) in [6, 6.07) is 3.80. The molecule has 7 heteroatoms. The van der Waals surface area contributed by atoms with Gasteiger partial charge in [-0.3, -0.25) is 4.79 Å². The Balaban J connectivity index is 1.76. The maximum absolute atomic E-state index is 11.9. The quantitative estimate of drug-likeness (QED) is 0.908. The lowest BCUT2D eigenvalue weighted by molar-refractivity contribution is 0.0910. The molecule has 2 aromatic rings. The number of carbonyl (C=O) groups excluding carboxylic acids is 1. The van der Waals surface area contributed by atoms with Crippen molar-refractivity contribution in [2.75, 3.05) is 24.5 Å². The van der Waals surface area contributed by atoms with Crippen molar-refractivity contribution in [2.24, 2.45) is 0 Å². The number of hydrogen-bond acceptors (Lipinski definition) is 6. The second-order valence-corrected chi connectivity index (χ2v) is 5.98. The third-order valence-electron chi connectivity index (χ3n) is 4.09. The number of carbonyl (C=O) groups is 1. The number of rotatable bonds is 5. The third-order valence-corrected chi connectivity index (χ3v) is 4.09. The van der Waals surface area contributed by atoms with Crippen LogP contribution < -0.4 is 10.2 Å². The predicted molar refractivity (Wildman–Crippen MR) is 90.8 cm³/mol. The number of amides is 1. The Kier molecular flexibility index (Phi) is 5.40. The van der Waals surface area contributed by atoms with Gasteiger partial charge in [0.05, 0.1) is 0 Å². The van der Waals surface area contributed by atoms with Crippen LogP contribution in [0.3, 0.4) is 0 Å². The summed E-state index contributed by atoms with van der Waals surface area (Å²) in [5, 5.41) is 6.65. The minimum absolute atomic E-state index is 0.00779. The molecule has 0 atom stereocenters. The highest BCUT2D eigenvalue weighted by Crippen LogP contribution is 2.22. The average Bonchev–Trinajstić information content (AvgIpc) is 2.95. The van der Waals surface area contributed by atoms with E-state index in [1.54, 1.807) is 6.20 Å². The molecule has 0 radical (unpaired) electrons. The molecule has 7 nitrogen and oxygen atoms in total. The van der Waals surface area contributed by atoms with E-state index in [2.05, 4.69) is 25.3 Å². The van der Waals surface area contributed by atoms with Gasteiger partial charge >= 0.3 is 11.8 Å². The molecule has 0 spiro atoms. The van der Waals surface area contributed by atoms with Crippen molar-refractivity contribution < 1.29 is 9.32 Å². The fraction of sp³-hybridized carbons (Fsp3) is 0.529. The first kappa shape index (κ1) is 16.4. The van der Waals surface area contributed by atoms with E-state index in [1.165, 1.54) is 25.7 Å². The van der Waals surface area contributed by atoms with Gasteiger partial charge in [0.2, 0.25) is 5.82 Å². The molecular weight excluding hydrogens is 306 g/mol. The molecule has 0 saturated carbocycles. The zero-order valence-electron chi connectivity index (χ0n) is 14.0. The molecule has 2 aromatic heterocycles. The Morgan fingerprint density at radius 3 is 2.83 bits per heavy atom. The molecule has 1 amide bonds. The van der Waals surface area contributed by atoms with Gasteiger partial charge < -0.3 is 14.7 Å². The van der Waals surface area contributed by atoms with Gasteiger partial charge in [-0.1, -0.05) is 24.9 Å². The van der Waals surface area contributed by atoms with Gasteiger partial charge in [0.15, 0.2) is 0 Å². The monoisotopic (exact) mass is 329 g/mol. The molecule has 24 heavy (non-hydrogen) atoms. The lowest BCUT2D eigenvalue weighted by Gasteiger charge is -2.21. The number of hydrogen-bond donors (Lipinski definition) is 1. The highest BCUT2D eigenvalue weighted by molar-refractivity contribution is 5.89. The number of anilines is 1. The fourth-order valence-corrected chi connectivity index (χ4v) is 2.78. The van der Waals surface area contributed by atoms with Crippen LogP contribution in [-0.2, 0) is 0 Å². The Morgan fingerprint density at radius 2 is 2.08 bits per heavy atom. The van der Waals surface area contributed by atoms with Crippen molar-refractivity contribution in [3.63, 3.8) is 0 Å². The van der Waals surface area contributed by atoms with Crippen LogP contribution in [-0.4, -0.2) is 40.7 Å². The number of pyridine rings is 1. The normalized spacial score (nSPS) is 15.1. The van der Waals surface area contributed by atoms with E-state index in [4.69, 9.17) is 4.52 Å². The van der Waals surface area contributed by atoms with Crippen LogP contribution in [0, 0.1) is 0 Å². The van der Waals surface area contributed by atoms with Crippen LogP contribution in [0.1, 0.15) is 49.7 Å². The van der Waals surface area contributed by atoms with Crippen molar-refractivity contribution in [3.8, 4) is 11.4 Å². The van der Waals surface area contributed by atoms with Crippen LogP contribution in [0.15, 0.2) is 22.9 Å². The molecular formula is C17H23N5O2. The van der Waals surface area contributed by atoms with Crippen LogP contribution in [0.4, 0.5) is 5.82 Å². The van der Waals surface area contributed by atoms with Gasteiger partial charge in [-0.2, -0.15) is 4.98 Å². The van der Waals surface area contributed by atoms with Crippen molar-refractivity contribution >= 4 is 11.7 Å². The Labute approximate surface area is 141 Å². The van der Waals surface area contributed by atoms with Crippen molar-refractivity contribution in [1.82, 2.24) is 20.4 Å². The summed E-state index contributed by atoms with van der Waals surface area (Å²) in [5.41, 5.74) is 0.808. The molecule has 1 fully saturated rings. The van der Waals surface area contributed by atoms with Crippen molar-refractivity contribution in [2.45, 2.75) is 39.0 Å². The molecule has 0 aliphatic carbocycles. The second kappa shape index (κ2) is 7.90. The minimum Gasteiger partial charge on any atom is -0.357 e. The highest BCUT2D eigenvalue weighted by Gasteiger charge is 2.17. The molecule has 128 valence electrons. The Morgan fingerprint density at radius 1 is 1.29 bits per heavy atom. The SMILES string of the molecule is CCCNC(=O)c1nc(-c2ccnc(N3CCCCCC3)c2)no1. The first-order valence-corrected chi connectivity index (χ1v) is 8.61. The summed E-state index contributed by atoms with van der Waals surface area (Å²) in [7, 11) is 0. The van der Waals surface area contributed by atoms with E-state index in [0.29, 0.717) is 12.4 Å². The summed E-state index contributed by atoms with van der Waals surface area (Å²) >= 11 is 0. The molecule has 1 aliphatic rings. The molecule has 3 heterocycles. The van der Waals surface area contributed by atoms with Gasteiger partial charge in [0.1, 0.15) is 5.82 Å². The molecule has 0 bridgehead atoms. The molecule has 1 aliphatic heterocycles. The van der Waals surface area contributed by atoms with E-state index in [1.807, 2.05) is 19.1 Å². The predicted octanol–water partition coefficient (Wildman–Crippen LogP) is 2.65. The summed E-state index contributed by atoms with van der Waals surface area (Å²) in [6.45, 7) is 4.62. The van der Waals surface area contributed by atoms with Crippen molar-refractivity contribution in [3.05, 3.63) is 24.2 Å². The van der Waals surface area contributed by atoms with Gasteiger partial charge in [0, 0.05) is 31.4 Å². The number of nitrogens with one attached hydrogen (secondary N) is 1. The molecule has 3 rings (SSSR count). The summed E-state index contributed by atoms with van der Waals surface area (Å²) < 4.78 is 5.08. The van der Waals surface area contributed by atoms with Crippen LogP contribution >= 0.6 is 0 Å². The van der Waals surface area contributed by atoms with E-state index in [9.17, 15) is 4.79 Å². The first-order valence-electron chi connectivity index (χ1n) is 8.61. The smallest absolute Gasteiger partial charge is 0.316 e. The van der Waals surface area contributed by atoms with Gasteiger partial charge in [-0.25, -0.2) is 4.98 Å². The van der Waals surface area contributed by atoms with E-state index < -0.39 is 0 Å². The molecule has 1 saturated heterocycles.